The first-order valence-electron chi connectivity index (χ1n) is 6.56. The van der Waals surface area contributed by atoms with Crippen molar-refractivity contribution < 1.29 is 8.42 Å². The molecule has 0 spiro atoms. The highest BCUT2D eigenvalue weighted by Gasteiger charge is 2.48. The van der Waals surface area contributed by atoms with Crippen LogP contribution < -0.4 is 5.73 Å². The van der Waals surface area contributed by atoms with Gasteiger partial charge in [0, 0.05) is 24.7 Å². The Morgan fingerprint density at radius 2 is 2.06 bits per heavy atom. The molecule has 2 heterocycles. The van der Waals surface area contributed by atoms with Crippen molar-refractivity contribution in [1.82, 2.24) is 4.90 Å². The minimum atomic E-state index is -2.88. The minimum Gasteiger partial charge on any atom is -0.329 e. The van der Waals surface area contributed by atoms with Gasteiger partial charge in [-0.05, 0) is 32.1 Å². The summed E-state index contributed by atoms with van der Waals surface area (Å²) in [6.07, 6.45) is 3.11. The molecule has 2 saturated heterocycles. The lowest BCUT2D eigenvalue weighted by molar-refractivity contribution is 0.0252. The van der Waals surface area contributed by atoms with Gasteiger partial charge in [-0.3, -0.25) is 4.90 Å². The molecular formula is C12H24N2O2S. The van der Waals surface area contributed by atoms with Gasteiger partial charge >= 0.3 is 0 Å². The second-order valence-corrected chi connectivity index (χ2v) is 8.14. The summed E-state index contributed by atoms with van der Waals surface area (Å²) in [5.41, 5.74) is 5.64. The largest absolute Gasteiger partial charge is 0.329 e. The van der Waals surface area contributed by atoms with Crippen LogP contribution in [0.3, 0.4) is 0 Å². The molecule has 0 radical (unpaired) electrons. The predicted molar refractivity (Wildman–Crippen MR) is 69.6 cm³/mol. The smallest absolute Gasteiger partial charge is 0.152 e. The first-order chi connectivity index (χ1) is 7.88. The van der Waals surface area contributed by atoms with Gasteiger partial charge in [-0.2, -0.15) is 0 Å². The molecule has 100 valence electrons. The zero-order valence-electron chi connectivity index (χ0n) is 10.9. The first-order valence-corrected chi connectivity index (χ1v) is 8.38. The highest BCUT2D eigenvalue weighted by atomic mass is 32.2. The summed E-state index contributed by atoms with van der Waals surface area (Å²) in [5.74, 6) is 1.22. The highest BCUT2D eigenvalue weighted by molar-refractivity contribution is 7.91. The number of nitrogens with two attached hydrogens (primary N) is 1. The molecule has 0 aliphatic carbocycles. The summed E-state index contributed by atoms with van der Waals surface area (Å²) in [5, 5.41) is 0. The van der Waals surface area contributed by atoms with Crippen molar-refractivity contribution in [2.75, 3.05) is 24.6 Å². The summed E-state index contributed by atoms with van der Waals surface area (Å²) in [7, 11) is -2.88. The average molecular weight is 260 g/mol. The van der Waals surface area contributed by atoms with E-state index in [1.807, 2.05) is 0 Å². The maximum atomic E-state index is 11.8. The number of rotatable bonds is 2. The Hall–Kier alpha value is -0.130. The van der Waals surface area contributed by atoms with Gasteiger partial charge in [0.25, 0.3) is 0 Å². The highest BCUT2D eigenvalue weighted by Crippen LogP contribution is 2.35. The van der Waals surface area contributed by atoms with Crippen LogP contribution >= 0.6 is 0 Å². The molecule has 17 heavy (non-hydrogen) atoms. The van der Waals surface area contributed by atoms with E-state index in [1.165, 1.54) is 6.42 Å². The van der Waals surface area contributed by atoms with Gasteiger partial charge in [-0.1, -0.05) is 6.92 Å². The van der Waals surface area contributed by atoms with Crippen molar-refractivity contribution in [3.05, 3.63) is 0 Å². The van der Waals surface area contributed by atoms with Crippen molar-refractivity contribution in [2.24, 2.45) is 11.7 Å². The lowest BCUT2D eigenvalue weighted by Gasteiger charge is -2.48. The Balaban J connectivity index is 2.23. The van der Waals surface area contributed by atoms with Gasteiger partial charge in [0.1, 0.15) is 0 Å². The van der Waals surface area contributed by atoms with Crippen molar-refractivity contribution >= 4 is 9.84 Å². The summed E-state index contributed by atoms with van der Waals surface area (Å²) >= 11 is 0. The lowest BCUT2D eigenvalue weighted by atomic mass is 9.87. The van der Waals surface area contributed by atoms with Gasteiger partial charge in [0.05, 0.1) is 11.5 Å². The fourth-order valence-corrected chi connectivity index (χ4v) is 5.44. The third-order valence-corrected chi connectivity index (χ3v) is 6.28. The van der Waals surface area contributed by atoms with Crippen LogP contribution in [0.25, 0.3) is 0 Å². The standard InChI is InChI=1S/C12H24N2O2S/c1-10-3-4-11(2)14(7-10)12(8-13)5-6-17(15,16)9-12/h10-11H,3-9,13H2,1-2H3. The summed E-state index contributed by atoms with van der Waals surface area (Å²) < 4.78 is 23.5. The van der Waals surface area contributed by atoms with E-state index in [9.17, 15) is 8.42 Å². The van der Waals surface area contributed by atoms with Crippen LogP contribution in [0.4, 0.5) is 0 Å². The Kier molecular flexibility index (Phi) is 3.54. The lowest BCUT2D eigenvalue weighted by Crippen LogP contribution is -2.60. The van der Waals surface area contributed by atoms with E-state index in [4.69, 9.17) is 5.73 Å². The zero-order chi connectivity index (χ0) is 12.7. The predicted octanol–water partition coefficient (Wildman–Crippen LogP) is 0.623. The van der Waals surface area contributed by atoms with Crippen molar-refractivity contribution in [3.63, 3.8) is 0 Å². The van der Waals surface area contributed by atoms with Crippen LogP contribution in [0.1, 0.15) is 33.1 Å². The van der Waals surface area contributed by atoms with Gasteiger partial charge < -0.3 is 5.73 Å². The van der Waals surface area contributed by atoms with Gasteiger partial charge in [-0.25, -0.2) is 8.42 Å². The van der Waals surface area contributed by atoms with Crippen molar-refractivity contribution in [3.8, 4) is 0 Å². The maximum Gasteiger partial charge on any atom is 0.152 e. The van der Waals surface area contributed by atoms with E-state index in [1.54, 1.807) is 0 Å². The number of hydrogen-bond donors (Lipinski definition) is 1. The average Bonchev–Trinajstić information content (AvgIpc) is 2.59. The molecule has 4 nitrogen and oxygen atoms in total. The van der Waals surface area contributed by atoms with E-state index in [0.717, 1.165) is 13.0 Å². The van der Waals surface area contributed by atoms with Crippen LogP contribution in [0, 0.1) is 5.92 Å². The van der Waals surface area contributed by atoms with Crippen LogP contribution in [-0.4, -0.2) is 49.5 Å². The number of hydrogen-bond acceptors (Lipinski definition) is 4. The molecule has 2 aliphatic heterocycles. The maximum absolute atomic E-state index is 11.8. The Morgan fingerprint density at radius 3 is 2.59 bits per heavy atom. The van der Waals surface area contributed by atoms with Crippen LogP contribution in [0.5, 0.6) is 0 Å². The van der Waals surface area contributed by atoms with Crippen molar-refractivity contribution in [1.29, 1.82) is 0 Å². The third-order valence-electron chi connectivity index (χ3n) is 4.47. The fourth-order valence-electron chi connectivity index (χ4n) is 3.35. The zero-order valence-corrected chi connectivity index (χ0v) is 11.7. The van der Waals surface area contributed by atoms with Crippen LogP contribution in [-0.2, 0) is 9.84 Å². The van der Waals surface area contributed by atoms with Gasteiger partial charge in [-0.15, -0.1) is 0 Å². The quantitative estimate of drug-likeness (QED) is 0.791. The molecule has 2 fully saturated rings. The number of nitrogens with zero attached hydrogens (tertiary/aromatic N) is 1. The second-order valence-electron chi connectivity index (χ2n) is 5.95. The third kappa shape index (κ3) is 2.51. The van der Waals surface area contributed by atoms with Crippen molar-refractivity contribution in [2.45, 2.75) is 44.7 Å². The second kappa shape index (κ2) is 4.52. The molecule has 2 aliphatic rings. The molecule has 3 unspecified atom stereocenters. The molecule has 3 atom stereocenters. The number of sulfone groups is 1. The molecule has 5 heteroatoms. The molecule has 0 bridgehead atoms. The molecule has 0 aromatic heterocycles. The SMILES string of the molecule is CC1CCC(C)N(C2(CN)CCS(=O)(=O)C2)C1. The molecule has 0 aromatic rings. The summed E-state index contributed by atoms with van der Waals surface area (Å²) in [6.45, 7) is 5.90. The number of likely N-dealkylation sites (tertiary alicyclic amines) is 1. The van der Waals surface area contributed by atoms with Gasteiger partial charge in [0.2, 0.25) is 0 Å². The number of piperidine rings is 1. The minimum absolute atomic E-state index is 0.257. The topological polar surface area (TPSA) is 63.4 Å². The molecule has 2 rings (SSSR count). The van der Waals surface area contributed by atoms with Crippen LogP contribution in [0.15, 0.2) is 0 Å². The molecular weight excluding hydrogens is 236 g/mol. The summed E-state index contributed by atoms with van der Waals surface area (Å²) in [4.78, 5) is 2.38. The Labute approximate surface area is 104 Å². The Bertz CT molecular complexity index is 382. The Morgan fingerprint density at radius 1 is 1.35 bits per heavy atom. The van der Waals surface area contributed by atoms with E-state index in [2.05, 4.69) is 18.7 Å². The first kappa shape index (κ1) is 13.3. The normalized spacial score (nSPS) is 42.8. The summed E-state index contributed by atoms with van der Waals surface area (Å²) in [6, 6.07) is 0.461. The fraction of sp³-hybridized carbons (Fsp3) is 1.00. The van der Waals surface area contributed by atoms with Gasteiger partial charge in [0.15, 0.2) is 9.84 Å². The molecule has 2 N–H and O–H groups in total. The van der Waals surface area contributed by atoms with E-state index >= 15 is 0 Å². The molecule has 0 amide bonds. The molecule has 0 aromatic carbocycles. The van der Waals surface area contributed by atoms with Crippen LogP contribution in [0.2, 0.25) is 0 Å². The van der Waals surface area contributed by atoms with E-state index in [0.29, 0.717) is 30.7 Å². The van der Waals surface area contributed by atoms with E-state index in [-0.39, 0.29) is 11.3 Å². The monoisotopic (exact) mass is 260 g/mol. The molecule has 0 saturated carbocycles. The van der Waals surface area contributed by atoms with E-state index < -0.39 is 9.84 Å².